The first kappa shape index (κ1) is 16.2. The van der Waals surface area contributed by atoms with Crippen LogP contribution in [0.5, 0.6) is 0 Å². The average molecular weight is 318 g/mol. The Morgan fingerprint density at radius 3 is 2.67 bits per heavy atom. The first-order valence-corrected chi connectivity index (χ1v) is 8.52. The fourth-order valence-corrected chi connectivity index (χ4v) is 3.88. The summed E-state index contributed by atoms with van der Waals surface area (Å²) in [6.07, 6.45) is 1.89. The van der Waals surface area contributed by atoms with E-state index in [-0.39, 0.29) is 10.9 Å². The Labute approximate surface area is 123 Å². The molecule has 4 nitrogen and oxygen atoms in total. The number of nitrogens with two attached hydrogens (primary N) is 1. The van der Waals surface area contributed by atoms with Crippen molar-refractivity contribution in [3.63, 3.8) is 0 Å². The van der Waals surface area contributed by atoms with Gasteiger partial charge in [0.2, 0.25) is 9.84 Å². The van der Waals surface area contributed by atoms with Gasteiger partial charge in [0.25, 0.3) is 0 Å². The maximum absolute atomic E-state index is 12.9. The summed E-state index contributed by atoms with van der Waals surface area (Å²) in [7, 11) is -4.62. The van der Waals surface area contributed by atoms with E-state index in [1.54, 1.807) is 12.1 Å². The number of hydrogen-bond donors (Lipinski definition) is 1. The number of hydrogen-bond acceptors (Lipinski definition) is 4. The van der Waals surface area contributed by atoms with Crippen LogP contribution in [-0.2, 0) is 9.84 Å². The second-order valence-corrected chi connectivity index (χ2v) is 7.28. The van der Waals surface area contributed by atoms with E-state index < -0.39 is 15.6 Å². The van der Waals surface area contributed by atoms with E-state index in [0.717, 1.165) is 12.8 Å². The van der Waals surface area contributed by atoms with Gasteiger partial charge >= 0.3 is 5.76 Å². The highest BCUT2D eigenvalue weighted by molar-refractivity contribution is 7.91. The molecule has 0 spiro atoms. The number of rotatable bonds is 4. The lowest BCUT2D eigenvalue weighted by Crippen LogP contribution is -2.49. The van der Waals surface area contributed by atoms with Gasteiger partial charge in [0.05, 0.1) is 10.6 Å². The van der Waals surface area contributed by atoms with Crippen molar-refractivity contribution in [3.05, 3.63) is 24.3 Å². The standard InChI is InChI=1S/C14H20F2N2O2S/c1-10-5-4-8-18(12(10)9-17)11-6-2-3-7-13(11)21(19,20)14(15)16/h2-3,6-7,10,12,14H,4-5,8-9,17H2,1H3. The normalized spacial score (nSPS) is 23.6. The first-order valence-electron chi connectivity index (χ1n) is 6.97. The van der Waals surface area contributed by atoms with E-state index in [9.17, 15) is 17.2 Å². The minimum absolute atomic E-state index is 0.0345. The zero-order valence-electron chi connectivity index (χ0n) is 11.9. The molecule has 0 aromatic heterocycles. The van der Waals surface area contributed by atoms with Crippen LogP contribution in [0, 0.1) is 5.92 Å². The zero-order chi connectivity index (χ0) is 15.6. The average Bonchev–Trinajstić information content (AvgIpc) is 2.46. The van der Waals surface area contributed by atoms with Crippen molar-refractivity contribution in [3.8, 4) is 0 Å². The number of sulfone groups is 1. The highest BCUT2D eigenvalue weighted by atomic mass is 32.2. The SMILES string of the molecule is CC1CCCN(c2ccccc2S(=O)(=O)C(F)F)C1CN. The zero-order valence-corrected chi connectivity index (χ0v) is 12.7. The predicted octanol–water partition coefficient (Wildman–Crippen LogP) is 2.25. The van der Waals surface area contributed by atoms with Gasteiger partial charge in [-0.1, -0.05) is 19.1 Å². The molecule has 2 rings (SSSR count). The second-order valence-electron chi connectivity index (χ2n) is 5.39. The molecule has 0 aliphatic carbocycles. The van der Waals surface area contributed by atoms with Crippen molar-refractivity contribution in [1.82, 2.24) is 0 Å². The van der Waals surface area contributed by atoms with Crippen LogP contribution < -0.4 is 10.6 Å². The van der Waals surface area contributed by atoms with Crippen molar-refractivity contribution in [2.75, 3.05) is 18.0 Å². The Morgan fingerprint density at radius 1 is 1.38 bits per heavy atom. The molecule has 21 heavy (non-hydrogen) atoms. The van der Waals surface area contributed by atoms with E-state index in [0.29, 0.717) is 24.7 Å². The number of alkyl halides is 2. The summed E-state index contributed by atoms with van der Waals surface area (Å²) >= 11 is 0. The number of nitrogens with zero attached hydrogens (tertiary/aromatic N) is 1. The molecule has 0 bridgehead atoms. The van der Waals surface area contributed by atoms with Gasteiger partial charge in [-0.3, -0.25) is 0 Å². The molecule has 1 aromatic rings. The molecule has 118 valence electrons. The molecule has 1 heterocycles. The molecule has 2 N–H and O–H groups in total. The molecule has 1 saturated heterocycles. The fourth-order valence-electron chi connectivity index (χ4n) is 2.94. The van der Waals surface area contributed by atoms with Crippen molar-refractivity contribution in [2.45, 2.75) is 36.5 Å². The Bertz CT molecular complexity index is 592. The quantitative estimate of drug-likeness (QED) is 0.925. The largest absolute Gasteiger partial charge is 0.366 e. The van der Waals surface area contributed by atoms with Gasteiger partial charge in [-0.2, -0.15) is 8.78 Å². The van der Waals surface area contributed by atoms with Crippen LogP contribution in [0.2, 0.25) is 0 Å². The predicted molar refractivity (Wildman–Crippen MR) is 78.2 cm³/mol. The second kappa shape index (κ2) is 6.27. The van der Waals surface area contributed by atoms with Crippen LogP contribution in [-0.4, -0.2) is 33.3 Å². The minimum atomic E-state index is -4.62. The third-order valence-electron chi connectivity index (χ3n) is 4.07. The van der Waals surface area contributed by atoms with Gasteiger partial charge in [0.1, 0.15) is 0 Å². The summed E-state index contributed by atoms with van der Waals surface area (Å²) in [5.74, 6) is -3.12. The number of halogens is 2. The van der Waals surface area contributed by atoms with Gasteiger partial charge in [0, 0.05) is 19.1 Å². The number of anilines is 1. The maximum Gasteiger partial charge on any atom is 0.341 e. The van der Waals surface area contributed by atoms with Crippen LogP contribution >= 0.6 is 0 Å². The summed E-state index contributed by atoms with van der Waals surface area (Å²) in [5, 5.41) is 0. The molecule has 0 saturated carbocycles. The number of benzene rings is 1. The molecule has 1 fully saturated rings. The van der Waals surface area contributed by atoms with Crippen LogP contribution in [0.25, 0.3) is 0 Å². The summed E-state index contributed by atoms with van der Waals surface area (Å²) in [6, 6.07) is 5.91. The molecule has 2 unspecified atom stereocenters. The van der Waals surface area contributed by atoms with Crippen molar-refractivity contribution < 1.29 is 17.2 Å². The Balaban J connectivity index is 2.49. The molecule has 7 heteroatoms. The third-order valence-corrected chi connectivity index (χ3v) is 5.50. The summed E-state index contributed by atoms with van der Waals surface area (Å²) in [4.78, 5) is 1.55. The molecule has 1 aromatic carbocycles. The van der Waals surface area contributed by atoms with Crippen LogP contribution in [0.3, 0.4) is 0 Å². The van der Waals surface area contributed by atoms with Gasteiger partial charge in [-0.25, -0.2) is 8.42 Å². The van der Waals surface area contributed by atoms with Crippen molar-refractivity contribution in [1.29, 1.82) is 0 Å². The van der Waals surface area contributed by atoms with Gasteiger partial charge in [0.15, 0.2) is 0 Å². The summed E-state index contributed by atoms with van der Waals surface area (Å²) in [6.45, 7) is 3.04. The maximum atomic E-state index is 12.9. The highest BCUT2D eigenvalue weighted by Gasteiger charge is 2.34. The minimum Gasteiger partial charge on any atom is -0.366 e. The molecule has 1 aliphatic rings. The Kier molecular flexibility index (Phi) is 4.83. The molecule has 0 amide bonds. The summed E-state index contributed by atoms with van der Waals surface area (Å²) < 4.78 is 49.5. The Hall–Kier alpha value is -1.21. The van der Waals surface area contributed by atoms with Crippen LogP contribution in [0.15, 0.2) is 29.2 Å². The van der Waals surface area contributed by atoms with Crippen LogP contribution in [0.1, 0.15) is 19.8 Å². The Morgan fingerprint density at radius 2 is 2.05 bits per heavy atom. The molecule has 2 atom stereocenters. The lowest BCUT2D eigenvalue weighted by Gasteiger charge is -2.41. The molecule has 1 aliphatic heterocycles. The molecule has 0 radical (unpaired) electrons. The van der Waals surface area contributed by atoms with E-state index >= 15 is 0 Å². The van der Waals surface area contributed by atoms with Gasteiger partial charge in [-0.05, 0) is 30.9 Å². The third kappa shape index (κ3) is 3.03. The number of piperidine rings is 1. The smallest absolute Gasteiger partial charge is 0.341 e. The lowest BCUT2D eigenvalue weighted by molar-refractivity contribution is 0.234. The van der Waals surface area contributed by atoms with Crippen molar-refractivity contribution >= 4 is 15.5 Å². The topological polar surface area (TPSA) is 63.4 Å². The van der Waals surface area contributed by atoms with Gasteiger partial charge < -0.3 is 10.6 Å². The number of para-hydroxylation sites is 1. The van der Waals surface area contributed by atoms with Gasteiger partial charge in [-0.15, -0.1) is 0 Å². The fraction of sp³-hybridized carbons (Fsp3) is 0.571. The molecular formula is C14H20F2N2O2S. The first-order chi connectivity index (χ1) is 9.89. The van der Waals surface area contributed by atoms with E-state index in [2.05, 4.69) is 0 Å². The lowest BCUT2D eigenvalue weighted by atomic mass is 9.90. The monoisotopic (exact) mass is 318 g/mol. The van der Waals surface area contributed by atoms with Crippen LogP contribution in [0.4, 0.5) is 14.5 Å². The van der Waals surface area contributed by atoms with E-state index in [1.165, 1.54) is 12.1 Å². The highest BCUT2D eigenvalue weighted by Crippen LogP contribution is 2.34. The van der Waals surface area contributed by atoms with Crippen molar-refractivity contribution in [2.24, 2.45) is 11.7 Å². The summed E-state index contributed by atoms with van der Waals surface area (Å²) in [5.41, 5.74) is 6.13. The molecular weight excluding hydrogens is 298 g/mol. The van der Waals surface area contributed by atoms with E-state index in [1.807, 2.05) is 11.8 Å². The van der Waals surface area contributed by atoms with E-state index in [4.69, 9.17) is 5.73 Å².